The van der Waals surface area contributed by atoms with Crippen molar-refractivity contribution in [2.75, 3.05) is 7.11 Å². The fourth-order valence-corrected chi connectivity index (χ4v) is 3.33. The molecule has 0 spiro atoms. The summed E-state index contributed by atoms with van der Waals surface area (Å²) in [5.41, 5.74) is 5.69. The number of nitrogens with one attached hydrogen (secondary N) is 2. The Morgan fingerprint density at radius 1 is 0.879 bits per heavy atom. The molecule has 33 heavy (non-hydrogen) atoms. The third-order valence-corrected chi connectivity index (χ3v) is 5.27. The van der Waals surface area contributed by atoms with Gasteiger partial charge in [-0.1, -0.05) is 42.5 Å². The lowest BCUT2D eigenvalue weighted by atomic mass is 9.97. The Hall–Kier alpha value is -4.26. The molecule has 0 aliphatic heterocycles. The Balaban J connectivity index is 1.32. The van der Waals surface area contributed by atoms with Crippen LogP contribution in [0.2, 0.25) is 0 Å². The Kier molecular flexibility index (Phi) is 6.59. The van der Waals surface area contributed by atoms with Crippen LogP contribution in [0.1, 0.15) is 34.7 Å². The summed E-state index contributed by atoms with van der Waals surface area (Å²) in [5, 5.41) is 2.02. The number of hydrogen-bond acceptors (Lipinski definition) is 5. The SMILES string of the molecule is COc1ccc2cc([C@H](C)C(=O)NNC(=O)c3ccc(COc4ccccc4)o3)ccc2c1. The van der Waals surface area contributed by atoms with Crippen molar-refractivity contribution in [3.05, 3.63) is 95.9 Å². The Morgan fingerprint density at radius 3 is 2.42 bits per heavy atom. The zero-order chi connectivity index (χ0) is 23.2. The summed E-state index contributed by atoms with van der Waals surface area (Å²) in [6, 6.07) is 24.0. The van der Waals surface area contributed by atoms with Gasteiger partial charge in [-0.05, 0) is 59.7 Å². The van der Waals surface area contributed by atoms with Crippen molar-refractivity contribution in [3.63, 3.8) is 0 Å². The van der Waals surface area contributed by atoms with E-state index in [2.05, 4.69) is 10.9 Å². The number of para-hydroxylation sites is 1. The first-order chi connectivity index (χ1) is 16.0. The first-order valence-corrected chi connectivity index (χ1v) is 10.5. The van der Waals surface area contributed by atoms with Crippen molar-refractivity contribution < 1.29 is 23.5 Å². The van der Waals surface area contributed by atoms with Gasteiger partial charge < -0.3 is 13.9 Å². The number of methoxy groups -OCH3 is 1. The molecule has 3 aromatic carbocycles. The summed E-state index contributed by atoms with van der Waals surface area (Å²) >= 11 is 0. The molecule has 1 atom stereocenters. The number of benzene rings is 3. The smallest absolute Gasteiger partial charge is 0.305 e. The van der Waals surface area contributed by atoms with Crippen LogP contribution >= 0.6 is 0 Å². The van der Waals surface area contributed by atoms with Gasteiger partial charge in [-0.15, -0.1) is 0 Å². The van der Waals surface area contributed by atoms with Gasteiger partial charge in [-0.2, -0.15) is 0 Å². The molecule has 1 aromatic heterocycles. The summed E-state index contributed by atoms with van der Waals surface area (Å²) < 4.78 is 16.4. The van der Waals surface area contributed by atoms with Crippen molar-refractivity contribution in [1.29, 1.82) is 0 Å². The summed E-state index contributed by atoms with van der Waals surface area (Å²) in [4.78, 5) is 24.9. The molecule has 7 nitrogen and oxygen atoms in total. The van der Waals surface area contributed by atoms with Crippen LogP contribution in [0, 0.1) is 0 Å². The third kappa shape index (κ3) is 5.33. The van der Waals surface area contributed by atoms with Crippen LogP contribution in [-0.4, -0.2) is 18.9 Å². The van der Waals surface area contributed by atoms with Crippen LogP contribution < -0.4 is 20.3 Å². The lowest BCUT2D eigenvalue weighted by Crippen LogP contribution is -2.43. The zero-order valence-corrected chi connectivity index (χ0v) is 18.3. The molecule has 0 unspecified atom stereocenters. The third-order valence-electron chi connectivity index (χ3n) is 5.27. The molecule has 0 aliphatic rings. The van der Waals surface area contributed by atoms with Gasteiger partial charge in [0.15, 0.2) is 5.76 Å². The minimum absolute atomic E-state index is 0.0780. The van der Waals surface area contributed by atoms with Crippen LogP contribution in [0.4, 0.5) is 0 Å². The second-order valence-corrected chi connectivity index (χ2v) is 7.51. The lowest BCUT2D eigenvalue weighted by molar-refractivity contribution is -0.123. The van der Waals surface area contributed by atoms with E-state index in [0.717, 1.165) is 22.1 Å². The number of furan rings is 1. The maximum absolute atomic E-state index is 12.6. The zero-order valence-electron chi connectivity index (χ0n) is 18.3. The highest BCUT2D eigenvalue weighted by Gasteiger charge is 2.18. The first-order valence-electron chi connectivity index (χ1n) is 10.5. The Morgan fingerprint density at radius 2 is 1.64 bits per heavy atom. The van der Waals surface area contributed by atoms with E-state index in [1.807, 2.05) is 66.7 Å². The molecule has 0 bridgehead atoms. The molecule has 0 fully saturated rings. The van der Waals surface area contributed by atoms with E-state index in [1.54, 1.807) is 20.1 Å². The van der Waals surface area contributed by atoms with Gasteiger partial charge in [0.2, 0.25) is 5.91 Å². The predicted molar refractivity (Wildman–Crippen MR) is 124 cm³/mol. The molecule has 2 amide bonds. The standard InChI is InChI=1S/C26H24N2O5/c1-17(18-8-9-20-15-22(31-2)11-10-19(20)14-18)25(29)27-28-26(30)24-13-12-23(33-24)16-32-21-6-4-3-5-7-21/h3-15,17H,16H2,1-2H3,(H,27,29)(H,28,30)/t17-/m0/s1. The molecule has 168 valence electrons. The average molecular weight is 444 g/mol. The summed E-state index contributed by atoms with van der Waals surface area (Å²) in [5.74, 6) is 0.696. The van der Waals surface area contributed by atoms with E-state index in [1.165, 1.54) is 6.07 Å². The molecule has 4 rings (SSSR count). The first kappa shape index (κ1) is 22.0. The minimum Gasteiger partial charge on any atom is -0.497 e. The number of carbonyl (C=O) groups is 2. The highest BCUT2D eigenvalue weighted by atomic mass is 16.5. The molecule has 0 radical (unpaired) electrons. The topological polar surface area (TPSA) is 89.8 Å². The van der Waals surface area contributed by atoms with E-state index >= 15 is 0 Å². The molecular formula is C26H24N2O5. The molecule has 1 heterocycles. The number of rotatable bonds is 7. The van der Waals surface area contributed by atoms with Crippen LogP contribution in [-0.2, 0) is 11.4 Å². The van der Waals surface area contributed by atoms with Gasteiger partial charge in [0.25, 0.3) is 0 Å². The second-order valence-electron chi connectivity index (χ2n) is 7.51. The van der Waals surface area contributed by atoms with Gasteiger partial charge in [-0.3, -0.25) is 20.4 Å². The maximum Gasteiger partial charge on any atom is 0.305 e. The number of carbonyl (C=O) groups excluding carboxylic acids is 2. The molecule has 4 aromatic rings. The average Bonchev–Trinajstić information content (AvgIpc) is 3.34. The molecular weight excluding hydrogens is 420 g/mol. The van der Waals surface area contributed by atoms with Gasteiger partial charge in [0, 0.05) is 0 Å². The van der Waals surface area contributed by atoms with Crippen LogP contribution in [0.15, 0.2) is 83.3 Å². The van der Waals surface area contributed by atoms with E-state index in [-0.39, 0.29) is 18.3 Å². The van der Waals surface area contributed by atoms with Crippen molar-refractivity contribution >= 4 is 22.6 Å². The van der Waals surface area contributed by atoms with E-state index < -0.39 is 11.8 Å². The normalized spacial score (nSPS) is 11.6. The number of hydrogen-bond donors (Lipinski definition) is 2. The van der Waals surface area contributed by atoms with Crippen molar-refractivity contribution in [3.8, 4) is 11.5 Å². The lowest BCUT2D eigenvalue weighted by Gasteiger charge is -2.14. The summed E-state index contributed by atoms with van der Waals surface area (Å²) in [6.45, 7) is 1.96. The quantitative estimate of drug-likeness (QED) is 0.407. The Bertz CT molecular complexity index is 1270. The van der Waals surface area contributed by atoms with Crippen molar-refractivity contribution in [2.45, 2.75) is 19.4 Å². The summed E-state index contributed by atoms with van der Waals surface area (Å²) in [6.07, 6.45) is 0. The molecule has 7 heteroatoms. The predicted octanol–water partition coefficient (Wildman–Crippen LogP) is 4.59. The van der Waals surface area contributed by atoms with Crippen molar-refractivity contribution in [2.24, 2.45) is 0 Å². The van der Waals surface area contributed by atoms with Crippen molar-refractivity contribution in [1.82, 2.24) is 10.9 Å². The molecule has 0 saturated heterocycles. The second kappa shape index (κ2) is 9.91. The minimum atomic E-state index is -0.549. The van der Waals surface area contributed by atoms with Crippen LogP contribution in [0.5, 0.6) is 11.5 Å². The van der Waals surface area contributed by atoms with Gasteiger partial charge in [-0.25, -0.2) is 0 Å². The Labute approximate surface area is 191 Å². The van der Waals surface area contributed by atoms with Gasteiger partial charge >= 0.3 is 5.91 Å². The monoisotopic (exact) mass is 444 g/mol. The van der Waals surface area contributed by atoms with Crippen LogP contribution in [0.3, 0.4) is 0 Å². The number of amides is 2. The largest absolute Gasteiger partial charge is 0.497 e. The van der Waals surface area contributed by atoms with E-state index in [0.29, 0.717) is 11.5 Å². The van der Waals surface area contributed by atoms with E-state index in [9.17, 15) is 9.59 Å². The highest BCUT2D eigenvalue weighted by molar-refractivity contribution is 5.94. The molecule has 0 saturated carbocycles. The summed E-state index contributed by atoms with van der Waals surface area (Å²) in [7, 11) is 1.62. The number of fused-ring (bicyclic) bond motifs is 1. The molecule has 0 aliphatic carbocycles. The number of hydrazine groups is 1. The number of ether oxygens (including phenoxy) is 2. The molecule has 2 N–H and O–H groups in total. The fourth-order valence-electron chi connectivity index (χ4n) is 3.33. The van der Waals surface area contributed by atoms with Gasteiger partial charge in [0.05, 0.1) is 13.0 Å². The maximum atomic E-state index is 12.6. The van der Waals surface area contributed by atoms with E-state index in [4.69, 9.17) is 13.9 Å². The highest BCUT2D eigenvalue weighted by Crippen LogP contribution is 2.25. The van der Waals surface area contributed by atoms with Crippen LogP contribution in [0.25, 0.3) is 10.8 Å². The fraction of sp³-hybridized carbons (Fsp3) is 0.154. The van der Waals surface area contributed by atoms with Gasteiger partial charge in [0.1, 0.15) is 23.9 Å².